The average molecular weight is 475 g/mol. The van der Waals surface area contributed by atoms with Crippen LogP contribution in [-0.4, -0.2) is 57.4 Å². The molecule has 2 aromatic carbocycles. The number of carbonyl (C=O) groups excluding carboxylic acids is 3. The van der Waals surface area contributed by atoms with Gasteiger partial charge >= 0.3 is 11.9 Å². The summed E-state index contributed by atoms with van der Waals surface area (Å²) in [5.41, 5.74) is 0.407. The monoisotopic (exact) mass is 474 g/mol. The van der Waals surface area contributed by atoms with Crippen LogP contribution in [0.5, 0.6) is 23.0 Å². The van der Waals surface area contributed by atoms with E-state index in [0.29, 0.717) is 49.4 Å². The van der Waals surface area contributed by atoms with Crippen molar-refractivity contribution in [3.63, 3.8) is 0 Å². The number of benzene rings is 2. The van der Waals surface area contributed by atoms with Crippen LogP contribution in [0.4, 0.5) is 0 Å². The predicted octanol–water partition coefficient (Wildman–Crippen LogP) is 3.86. The van der Waals surface area contributed by atoms with Crippen LogP contribution in [0.15, 0.2) is 36.4 Å². The molecule has 0 aliphatic rings. The Morgan fingerprint density at radius 3 is 1.26 bits per heavy atom. The minimum absolute atomic E-state index is 0.203. The lowest BCUT2D eigenvalue weighted by Gasteiger charge is -2.12. The van der Waals surface area contributed by atoms with Gasteiger partial charge in [0.2, 0.25) is 5.78 Å². The third kappa shape index (κ3) is 7.68. The quantitative estimate of drug-likeness (QED) is 0.377. The molecule has 0 aliphatic heterocycles. The number of ether oxygens (including phenoxy) is 6. The van der Waals surface area contributed by atoms with Gasteiger partial charge in [-0.2, -0.15) is 0 Å². The maximum atomic E-state index is 12.3. The Morgan fingerprint density at radius 1 is 0.559 bits per heavy atom. The predicted molar refractivity (Wildman–Crippen MR) is 123 cm³/mol. The molecule has 0 saturated carbocycles. The smallest absolute Gasteiger partial charge is 0.338 e. The summed E-state index contributed by atoms with van der Waals surface area (Å²) in [5.74, 6) is -0.181. The van der Waals surface area contributed by atoms with E-state index in [4.69, 9.17) is 28.4 Å². The number of Topliss-reactive ketones (excluding diaryl/α,β-unsaturated/α-hetero) is 1. The highest BCUT2D eigenvalue weighted by molar-refractivity contribution is 5.94. The molecule has 0 fully saturated rings. The Morgan fingerprint density at radius 2 is 0.912 bits per heavy atom. The fourth-order valence-corrected chi connectivity index (χ4v) is 2.86. The maximum absolute atomic E-state index is 12.3. The lowest BCUT2D eigenvalue weighted by Crippen LogP contribution is -2.20. The van der Waals surface area contributed by atoms with E-state index in [9.17, 15) is 14.4 Å². The van der Waals surface area contributed by atoms with Crippen LogP contribution < -0.4 is 18.9 Å². The summed E-state index contributed by atoms with van der Waals surface area (Å²) in [4.78, 5) is 36.7. The van der Waals surface area contributed by atoms with Crippen LogP contribution in [0.1, 0.15) is 48.4 Å². The van der Waals surface area contributed by atoms with E-state index in [0.717, 1.165) is 0 Å². The molecule has 0 aliphatic carbocycles. The fourth-order valence-electron chi connectivity index (χ4n) is 2.86. The zero-order valence-electron chi connectivity index (χ0n) is 19.9. The first-order chi connectivity index (χ1) is 16.4. The molecule has 0 saturated heterocycles. The molecule has 0 spiro atoms. The van der Waals surface area contributed by atoms with E-state index in [1.54, 1.807) is 12.1 Å². The first kappa shape index (κ1) is 26.5. The second-order valence-electron chi connectivity index (χ2n) is 6.75. The molecule has 0 amide bonds. The van der Waals surface area contributed by atoms with Gasteiger partial charge in [0.25, 0.3) is 0 Å². The summed E-state index contributed by atoms with van der Waals surface area (Å²) >= 11 is 0. The molecular formula is C25H30O9. The van der Waals surface area contributed by atoms with E-state index in [2.05, 4.69) is 0 Å². The van der Waals surface area contributed by atoms with Gasteiger partial charge in [-0.05, 0) is 64.1 Å². The van der Waals surface area contributed by atoms with Crippen LogP contribution in [-0.2, 0) is 14.3 Å². The van der Waals surface area contributed by atoms with Crippen molar-refractivity contribution < 1.29 is 42.8 Å². The highest BCUT2D eigenvalue weighted by Gasteiger charge is 2.17. The van der Waals surface area contributed by atoms with Gasteiger partial charge in [0.1, 0.15) is 0 Å². The van der Waals surface area contributed by atoms with E-state index in [1.807, 2.05) is 27.7 Å². The number of hydrogen-bond donors (Lipinski definition) is 0. The Kier molecular flexibility index (Phi) is 10.7. The molecule has 0 heterocycles. The van der Waals surface area contributed by atoms with E-state index >= 15 is 0 Å². The summed E-state index contributed by atoms with van der Waals surface area (Å²) in [7, 11) is 0. The van der Waals surface area contributed by atoms with Crippen molar-refractivity contribution in [1.29, 1.82) is 0 Å². The van der Waals surface area contributed by atoms with Crippen LogP contribution in [0.3, 0.4) is 0 Å². The van der Waals surface area contributed by atoms with Crippen molar-refractivity contribution in [2.24, 2.45) is 0 Å². The van der Waals surface area contributed by atoms with Gasteiger partial charge in [-0.3, -0.25) is 4.79 Å². The Bertz CT molecular complexity index is 907. The average Bonchev–Trinajstić information content (AvgIpc) is 2.83. The molecule has 0 bridgehead atoms. The minimum Gasteiger partial charge on any atom is -0.490 e. The van der Waals surface area contributed by atoms with Crippen molar-refractivity contribution in [3.05, 3.63) is 47.5 Å². The van der Waals surface area contributed by atoms with Gasteiger partial charge in [-0.25, -0.2) is 9.59 Å². The van der Waals surface area contributed by atoms with Gasteiger partial charge in [0.15, 0.2) is 36.2 Å². The summed E-state index contributed by atoms with van der Waals surface area (Å²) in [5, 5.41) is 0. The summed E-state index contributed by atoms with van der Waals surface area (Å²) in [6.07, 6.45) is 0. The van der Waals surface area contributed by atoms with Crippen LogP contribution >= 0.6 is 0 Å². The molecule has 9 nitrogen and oxygen atoms in total. The number of hydrogen-bond acceptors (Lipinski definition) is 9. The summed E-state index contributed by atoms with van der Waals surface area (Å²) in [6.45, 7) is 7.88. The van der Waals surface area contributed by atoms with Crippen LogP contribution in [0, 0.1) is 0 Å². The molecule has 2 rings (SSSR count). The second-order valence-corrected chi connectivity index (χ2v) is 6.75. The number of rotatable bonds is 14. The van der Waals surface area contributed by atoms with Crippen LogP contribution in [0.2, 0.25) is 0 Å². The molecule has 9 heteroatoms. The third-order valence-corrected chi connectivity index (χ3v) is 4.29. The lowest BCUT2D eigenvalue weighted by molar-refractivity contribution is -0.125. The summed E-state index contributed by atoms with van der Waals surface area (Å²) < 4.78 is 32.0. The minimum atomic E-state index is -0.712. The highest BCUT2D eigenvalue weighted by atomic mass is 16.6. The van der Waals surface area contributed by atoms with Gasteiger partial charge < -0.3 is 28.4 Å². The zero-order chi connectivity index (χ0) is 24.9. The van der Waals surface area contributed by atoms with Crippen molar-refractivity contribution in [2.75, 3.05) is 39.6 Å². The number of ketones is 1. The van der Waals surface area contributed by atoms with Crippen molar-refractivity contribution in [2.45, 2.75) is 27.7 Å². The van der Waals surface area contributed by atoms with E-state index in [-0.39, 0.29) is 11.1 Å². The molecule has 184 valence electrons. The highest BCUT2D eigenvalue weighted by Crippen LogP contribution is 2.29. The third-order valence-electron chi connectivity index (χ3n) is 4.29. The van der Waals surface area contributed by atoms with E-state index in [1.165, 1.54) is 24.3 Å². The van der Waals surface area contributed by atoms with Gasteiger partial charge in [0.05, 0.1) is 37.6 Å². The molecular weight excluding hydrogens is 444 g/mol. The molecule has 0 N–H and O–H groups in total. The van der Waals surface area contributed by atoms with Crippen LogP contribution in [0.25, 0.3) is 0 Å². The lowest BCUT2D eigenvalue weighted by atomic mass is 10.2. The molecule has 34 heavy (non-hydrogen) atoms. The Labute approximate surface area is 198 Å². The SMILES string of the molecule is CCOc1ccc(C(=O)OCC(=O)COC(=O)c2ccc(OCC)c(OCC)c2)cc1OCC. The molecule has 2 aromatic rings. The van der Waals surface area contributed by atoms with E-state index < -0.39 is 30.9 Å². The number of esters is 2. The van der Waals surface area contributed by atoms with Crippen molar-refractivity contribution in [3.8, 4) is 23.0 Å². The second kappa shape index (κ2) is 13.7. The standard InChI is InChI=1S/C25H30O9/c1-5-29-20-11-9-17(13-22(20)31-7-3)24(27)33-15-19(26)16-34-25(28)18-10-12-21(30-6-2)23(14-18)32-8-4/h9-14H,5-8,15-16H2,1-4H3. The van der Waals surface area contributed by atoms with Gasteiger partial charge in [-0.1, -0.05) is 0 Å². The molecule has 0 aromatic heterocycles. The summed E-state index contributed by atoms with van der Waals surface area (Å²) in [6, 6.07) is 9.21. The maximum Gasteiger partial charge on any atom is 0.338 e. The first-order valence-corrected chi connectivity index (χ1v) is 11.1. The normalized spacial score (nSPS) is 10.2. The van der Waals surface area contributed by atoms with Crippen molar-refractivity contribution in [1.82, 2.24) is 0 Å². The molecule has 0 unspecified atom stereocenters. The number of carbonyl (C=O) groups is 3. The van der Waals surface area contributed by atoms with Gasteiger partial charge in [0, 0.05) is 0 Å². The first-order valence-electron chi connectivity index (χ1n) is 11.1. The molecule has 0 atom stereocenters. The van der Waals surface area contributed by atoms with Gasteiger partial charge in [-0.15, -0.1) is 0 Å². The Hall–Kier alpha value is -3.75. The Balaban J connectivity index is 1.90. The largest absolute Gasteiger partial charge is 0.490 e. The molecule has 0 radical (unpaired) electrons. The zero-order valence-corrected chi connectivity index (χ0v) is 19.9. The topological polar surface area (TPSA) is 107 Å². The van der Waals surface area contributed by atoms with Crippen molar-refractivity contribution >= 4 is 17.7 Å². The fraction of sp³-hybridized carbons (Fsp3) is 0.400.